The van der Waals surface area contributed by atoms with Gasteiger partial charge in [0.1, 0.15) is 11.5 Å². The number of furan rings is 1. The average molecular weight is 336 g/mol. The molecule has 10 heteroatoms. The molecule has 0 saturated heterocycles. The number of carbonyl (C=O) groups excluding carboxylic acids is 1. The average Bonchev–Trinajstić information content (AvgIpc) is 3.05. The van der Waals surface area contributed by atoms with E-state index in [1.54, 1.807) is 0 Å². The molecule has 10 nitrogen and oxygen atoms in total. The predicted octanol–water partition coefficient (Wildman–Crippen LogP) is 0.864. The van der Waals surface area contributed by atoms with Crippen molar-refractivity contribution in [2.24, 2.45) is 0 Å². The maximum absolute atomic E-state index is 11.3. The number of hydrogen-bond acceptors (Lipinski definition) is 8. The van der Waals surface area contributed by atoms with Crippen molar-refractivity contribution in [2.75, 3.05) is 26.3 Å². The molecule has 0 aliphatic carbocycles. The van der Waals surface area contributed by atoms with Gasteiger partial charge in [-0.3, -0.25) is 14.9 Å². The molecule has 0 unspecified atom stereocenters. The van der Waals surface area contributed by atoms with Gasteiger partial charge in [0.05, 0.1) is 31.6 Å². The standard InChI is InChI=1S/C14H16N4O6/c1-10(20)17(4-6-19)5-7-23-11-8-15-14(16-9-11)12-2-3-13(24-12)18(21)22/h2-3,8-9,19H,4-7H2,1H3. The Hall–Kier alpha value is -3.01. The second kappa shape index (κ2) is 8.02. The summed E-state index contributed by atoms with van der Waals surface area (Å²) in [4.78, 5) is 30.7. The van der Waals surface area contributed by atoms with Crippen LogP contribution < -0.4 is 4.74 Å². The lowest BCUT2D eigenvalue weighted by atomic mass is 10.4. The van der Waals surface area contributed by atoms with Crippen LogP contribution in [-0.2, 0) is 4.79 Å². The second-order valence-corrected chi connectivity index (χ2v) is 4.72. The van der Waals surface area contributed by atoms with Crippen molar-refractivity contribution in [3.05, 3.63) is 34.6 Å². The van der Waals surface area contributed by atoms with Crippen molar-refractivity contribution in [1.29, 1.82) is 0 Å². The van der Waals surface area contributed by atoms with Gasteiger partial charge in [-0.1, -0.05) is 0 Å². The Kier molecular flexibility index (Phi) is 5.79. The normalized spacial score (nSPS) is 10.4. The van der Waals surface area contributed by atoms with Crippen molar-refractivity contribution >= 4 is 11.8 Å². The number of rotatable bonds is 8. The van der Waals surface area contributed by atoms with Gasteiger partial charge in [0, 0.05) is 13.5 Å². The van der Waals surface area contributed by atoms with Gasteiger partial charge in [0.25, 0.3) is 0 Å². The fraction of sp³-hybridized carbons (Fsp3) is 0.357. The molecular weight excluding hydrogens is 320 g/mol. The van der Waals surface area contributed by atoms with Crippen LogP contribution in [0, 0.1) is 10.1 Å². The summed E-state index contributed by atoms with van der Waals surface area (Å²) >= 11 is 0. The summed E-state index contributed by atoms with van der Waals surface area (Å²) in [6.45, 7) is 2.07. The van der Waals surface area contributed by atoms with Gasteiger partial charge >= 0.3 is 5.88 Å². The Bertz CT molecular complexity index is 700. The SMILES string of the molecule is CC(=O)N(CCO)CCOc1cnc(-c2ccc([N+](=O)[O-])o2)nc1. The summed E-state index contributed by atoms with van der Waals surface area (Å²) in [5.41, 5.74) is 0. The summed E-state index contributed by atoms with van der Waals surface area (Å²) in [6.07, 6.45) is 2.81. The summed E-state index contributed by atoms with van der Waals surface area (Å²) in [5.74, 6) is 0.216. The molecule has 0 bridgehead atoms. The number of aliphatic hydroxyl groups excluding tert-OH is 1. The van der Waals surface area contributed by atoms with E-state index in [1.165, 1.54) is 36.4 Å². The Morgan fingerprint density at radius 3 is 2.62 bits per heavy atom. The Labute approximate surface area is 136 Å². The number of nitro groups is 1. The van der Waals surface area contributed by atoms with Gasteiger partial charge in [0.2, 0.25) is 5.91 Å². The maximum Gasteiger partial charge on any atom is 0.433 e. The van der Waals surface area contributed by atoms with Crippen LogP contribution >= 0.6 is 0 Å². The minimum atomic E-state index is -0.645. The highest BCUT2D eigenvalue weighted by Crippen LogP contribution is 2.23. The van der Waals surface area contributed by atoms with E-state index < -0.39 is 4.92 Å². The van der Waals surface area contributed by atoms with E-state index in [9.17, 15) is 14.9 Å². The molecule has 0 atom stereocenters. The van der Waals surface area contributed by atoms with Crippen LogP contribution in [0.4, 0.5) is 5.88 Å². The van der Waals surface area contributed by atoms with Crippen LogP contribution in [0.15, 0.2) is 28.9 Å². The third-order valence-electron chi connectivity index (χ3n) is 3.07. The smallest absolute Gasteiger partial charge is 0.433 e. The van der Waals surface area contributed by atoms with Gasteiger partial charge in [-0.25, -0.2) is 9.97 Å². The Morgan fingerprint density at radius 2 is 2.08 bits per heavy atom. The first-order chi connectivity index (χ1) is 11.5. The van der Waals surface area contributed by atoms with E-state index in [-0.39, 0.29) is 43.1 Å². The van der Waals surface area contributed by atoms with Crippen LogP contribution in [-0.4, -0.2) is 57.1 Å². The van der Waals surface area contributed by atoms with E-state index >= 15 is 0 Å². The highest BCUT2D eigenvalue weighted by molar-refractivity contribution is 5.73. The van der Waals surface area contributed by atoms with Gasteiger partial charge in [-0.15, -0.1) is 0 Å². The molecule has 0 aliphatic rings. The van der Waals surface area contributed by atoms with Crippen LogP contribution in [0.3, 0.4) is 0 Å². The monoisotopic (exact) mass is 336 g/mol. The summed E-state index contributed by atoms with van der Waals surface area (Å²) in [5, 5.41) is 19.4. The Balaban J connectivity index is 1.92. The molecule has 1 N–H and O–H groups in total. The topological polar surface area (TPSA) is 132 Å². The lowest BCUT2D eigenvalue weighted by Crippen LogP contribution is -2.35. The number of carbonyl (C=O) groups is 1. The molecular formula is C14H16N4O6. The molecule has 0 saturated carbocycles. The van der Waals surface area contributed by atoms with Crippen LogP contribution in [0.25, 0.3) is 11.6 Å². The van der Waals surface area contributed by atoms with Crippen LogP contribution in [0.5, 0.6) is 5.75 Å². The molecule has 2 rings (SSSR count). The van der Waals surface area contributed by atoms with Gasteiger partial charge in [-0.05, 0) is 6.07 Å². The lowest BCUT2D eigenvalue weighted by molar-refractivity contribution is -0.401. The zero-order chi connectivity index (χ0) is 17.5. The quantitative estimate of drug-likeness (QED) is 0.554. The largest absolute Gasteiger partial charge is 0.489 e. The van der Waals surface area contributed by atoms with Crippen LogP contribution in [0.1, 0.15) is 6.92 Å². The molecule has 128 valence electrons. The van der Waals surface area contributed by atoms with E-state index in [4.69, 9.17) is 14.3 Å². The maximum atomic E-state index is 11.3. The Morgan fingerprint density at radius 1 is 1.38 bits per heavy atom. The zero-order valence-corrected chi connectivity index (χ0v) is 12.9. The minimum absolute atomic E-state index is 0.118. The molecule has 0 aliphatic heterocycles. The van der Waals surface area contributed by atoms with Crippen molar-refractivity contribution < 1.29 is 24.0 Å². The van der Waals surface area contributed by atoms with Crippen molar-refractivity contribution in [2.45, 2.75) is 6.92 Å². The van der Waals surface area contributed by atoms with Gasteiger partial charge in [-0.2, -0.15) is 0 Å². The number of ether oxygens (including phenoxy) is 1. The number of amides is 1. The number of nitrogens with zero attached hydrogens (tertiary/aromatic N) is 4. The van der Waals surface area contributed by atoms with E-state index in [1.807, 2.05) is 0 Å². The first kappa shape index (κ1) is 17.3. The third kappa shape index (κ3) is 4.49. The number of aromatic nitrogens is 2. The van der Waals surface area contributed by atoms with E-state index in [2.05, 4.69) is 9.97 Å². The molecule has 2 heterocycles. The van der Waals surface area contributed by atoms with Crippen molar-refractivity contribution in [3.8, 4) is 17.3 Å². The zero-order valence-electron chi connectivity index (χ0n) is 12.9. The van der Waals surface area contributed by atoms with Crippen LogP contribution in [0.2, 0.25) is 0 Å². The third-order valence-corrected chi connectivity index (χ3v) is 3.07. The molecule has 0 fully saturated rings. The molecule has 2 aromatic rings. The second-order valence-electron chi connectivity index (χ2n) is 4.72. The summed E-state index contributed by atoms with van der Waals surface area (Å²) in [7, 11) is 0. The van der Waals surface area contributed by atoms with Gasteiger partial charge in [0.15, 0.2) is 17.3 Å². The summed E-state index contributed by atoms with van der Waals surface area (Å²) in [6, 6.07) is 2.63. The molecule has 1 amide bonds. The first-order valence-electron chi connectivity index (χ1n) is 7.07. The fourth-order valence-corrected chi connectivity index (χ4v) is 1.89. The number of aliphatic hydroxyl groups is 1. The number of hydrogen-bond donors (Lipinski definition) is 1. The predicted molar refractivity (Wildman–Crippen MR) is 81.2 cm³/mol. The van der Waals surface area contributed by atoms with Crippen molar-refractivity contribution in [1.82, 2.24) is 14.9 Å². The van der Waals surface area contributed by atoms with E-state index in [0.29, 0.717) is 12.3 Å². The molecule has 0 radical (unpaired) electrons. The summed E-state index contributed by atoms with van der Waals surface area (Å²) < 4.78 is 10.4. The molecule has 0 aromatic carbocycles. The molecule has 0 spiro atoms. The van der Waals surface area contributed by atoms with Crippen molar-refractivity contribution in [3.63, 3.8) is 0 Å². The lowest BCUT2D eigenvalue weighted by Gasteiger charge is -2.19. The molecule has 2 aromatic heterocycles. The fourth-order valence-electron chi connectivity index (χ4n) is 1.89. The highest BCUT2D eigenvalue weighted by Gasteiger charge is 2.15. The van der Waals surface area contributed by atoms with Gasteiger partial charge < -0.3 is 19.2 Å². The molecule has 24 heavy (non-hydrogen) atoms. The highest BCUT2D eigenvalue weighted by atomic mass is 16.6. The van der Waals surface area contributed by atoms with E-state index in [0.717, 1.165) is 0 Å². The minimum Gasteiger partial charge on any atom is -0.489 e. The first-order valence-corrected chi connectivity index (χ1v) is 7.07.